The number of hydrogen-bond acceptors (Lipinski definition) is 2. The number of amides is 1. The van der Waals surface area contributed by atoms with Gasteiger partial charge in [0.25, 0.3) is 0 Å². The SMILES string of the molecule is O=C(CCC1CCNC1)NCC1CCCCCCC1. The second kappa shape index (κ2) is 8.57. The minimum atomic E-state index is 0.272. The molecule has 1 atom stereocenters. The van der Waals surface area contributed by atoms with E-state index in [1.807, 2.05) is 0 Å². The Morgan fingerprint density at radius 3 is 2.42 bits per heavy atom. The highest BCUT2D eigenvalue weighted by atomic mass is 16.1. The molecule has 1 unspecified atom stereocenters. The third-order valence-electron chi connectivity index (χ3n) is 4.75. The van der Waals surface area contributed by atoms with E-state index in [0.29, 0.717) is 0 Å². The maximum Gasteiger partial charge on any atom is 0.220 e. The van der Waals surface area contributed by atoms with Crippen molar-refractivity contribution in [3.05, 3.63) is 0 Å². The third kappa shape index (κ3) is 5.94. The molecule has 0 aromatic carbocycles. The molecule has 19 heavy (non-hydrogen) atoms. The van der Waals surface area contributed by atoms with Crippen LogP contribution in [0.5, 0.6) is 0 Å². The van der Waals surface area contributed by atoms with Gasteiger partial charge in [0.05, 0.1) is 0 Å². The van der Waals surface area contributed by atoms with Crippen molar-refractivity contribution in [1.82, 2.24) is 10.6 Å². The second-order valence-corrected chi connectivity index (χ2v) is 6.41. The van der Waals surface area contributed by atoms with Crippen molar-refractivity contribution in [3.8, 4) is 0 Å². The van der Waals surface area contributed by atoms with Crippen LogP contribution < -0.4 is 10.6 Å². The Balaban J connectivity index is 1.56. The fourth-order valence-electron chi connectivity index (χ4n) is 3.39. The molecule has 2 fully saturated rings. The van der Waals surface area contributed by atoms with E-state index in [9.17, 15) is 4.79 Å². The molecule has 0 spiro atoms. The van der Waals surface area contributed by atoms with Crippen LogP contribution in [-0.2, 0) is 4.79 Å². The highest BCUT2D eigenvalue weighted by Gasteiger charge is 2.16. The third-order valence-corrected chi connectivity index (χ3v) is 4.75. The predicted octanol–water partition coefficient (Wildman–Crippen LogP) is 2.85. The van der Waals surface area contributed by atoms with Crippen LogP contribution in [0.15, 0.2) is 0 Å². The summed E-state index contributed by atoms with van der Waals surface area (Å²) >= 11 is 0. The standard InChI is InChI=1S/C16H30N2O/c19-16(9-8-15-10-11-17-12-15)18-13-14-6-4-2-1-3-5-7-14/h14-15,17H,1-13H2,(H,18,19). The molecular formula is C16H30N2O. The minimum Gasteiger partial charge on any atom is -0.356 e. The number of carbonyl (C=O) groups excluding carboxylic acids is 1. The molecule has 0 radical (unpaired) electrons. The van der Waals surface area contributed by atoms with E-state index in [1.54, 1.807) is 0 Å². The lowest BCUT2D eigenvalue weighted by Crippen LogP contribution is -2.30. The van der Waals surface area contributed by atoms with Crippen molar-refractivity contribution in [2.75, 3.05) is 19.6 Å². The Hall–Kier alpha value is -0.570. The van der Waals surface area contributed by atoms with E-state index >= 15 is 0 Å². The van der Waals surface area contributed by atoms with Gasteiger partial charge in [0.15, 0.2) is 0 Å². The summed E-state index contributed by atoms with van der Waals surface area (Å²) in [5.74, 6) is 1.73. The lowest BCUT2D eigenvalue weighted by molar-refractivity contribution is -0.121. The van der Waals surface area contributed by atoms with Crippen molar-refractivity contribution in [3.63, 3.8) is 0 Å². The summed E-state index contributed by atoms with van der Waals surface area (Å²) in [5, 5.41) is 6.53. The van der Waals surface area contributed by atoms with E-state index in [4.69, 9.17) is 0 Å². The average Bonchev–Trinajstić information content (AvgIpc) is 2.88. The first kappa shape index (κ1) is 14.8. The van der Waals surface area contributed by atoms with Crippen LogP contribution in [-0.4, -0.2) is 25.5 Å². The molecule has 2 aliphatic rings. The first-order chi connectivity index (χ1) is 9.34. The van der Waals surface area contributed by atoms with Gasteiger partial charge in [0.1, 0.15) is 0 Å². The Kier molecular flexibility index (Phi) is 6.69. The predicted molar refractivity (Wildman–Crippen MR) is 79.0 cm³/mol. The van der Waals surface area contributed by atoms with E-state index in [2.05, 4.69) is 10.6 Å². The Morgan fingerprint density at radius 2 is 1.74 bits per heavy atom. The number of carbonyl (C=O) groups is 1. The molecule has 2 rings (SSSR count). The van der Waals surface area contributed by atoms with E-state index < -0.39 is 0 Å². The molecule has 1 saturated heterocycles. The summed E-state index contributed by atoms with van der Waals surface area (Å²) in [6.45, 7) is 3.16. The maximum absolute atomic E-state index is 11.9. The highest BCUT2D eigenvalue weighted by molar-refractivity contribution is 5.75. The number of nitrogens with one attached hydrogen (secondary N) is 2. The van der Waals surface area contributed by atoms with Crippen LogP contribution in [0.4, 0.5) is 0 Å². The molecule has 3 heteroatoms. The van der Waals surface area contributed by atoms with Gasteiger partial charge in [-0.3, -0.25) is 4.79 Å². The van der Waals surface area contributed by atoms with Crippen LogP contribution in [0.2, 0.25) is 0 Å². The van der Waals surface area contributed by atoms with Crippen LogP contribution >= 0.6 is 0 Å². The lowest BCUT2D eigenvalue weighted by atomic mass is 9.91. The zero-order chi connectivity index (χ0) is 13.3. The van der Waals surface area contributed by atoms with Crippen molar-refractivity contribution in [2.45, 2.75) is 64.2 Å². The number of hydrogen-bond donors (Lipinski definition) is 2. The van der Waals surface area contributed by atoms with Gasteiger partial charge in [-0.1, -0.05) is 32.1 Å². The first-order valence-electron chi connectivity index (χ1n) is 8.32. The van der Waals surface area contributed by atoms with E-state index in [-0.39, 0.29) is 5.91 Å². The van der Waals surface area contributed by atoms with Crippen molar-refractivity contribution in [2.24, 2.45) is 11.8 Å². The Morgan fingerprint density at radius 1 is 1.00 bits per heavy atom. The number of rotatable bonds is 5. The second-order valence-electron chi connectivity index (χ2n) is 6.41. The monoisotopic (exact) mass is 266 g/mol. The quantitative estimate of drug-likeness (QED) is 0.803. The van der Waals surface area contributed by atoms with Gasteiger partial charge in [-0.15, -0.1) is 0 Å². The fourth-order valence-corrected chi connectivity index (χ4v) is 3.39. The van der Waals surface area contributed by atoms with E-state index in [1.165, 1.54) is 51.4 Å². The first-order valence-corrected chi connectivity index (χ1v) is 8.32. The van der Waals surface area contributed by atoms with Gasteiger partial charge in [-0.2, -0.15) is 0 Å². The Bertz CT molecular complexity index is 253. The molecule has 1 heterocycles. The molecule has 3 nitrogen and oxygen atoms in total. The topological polar surface area (TPSA) is 41.1 Å². The van der Waals surface area contributed by atoms with Crippen molar-refractivity contribution in [1.29, 1.82) is 0 Å². The lowest BCUT2D eigenvalue weighted by Gasteiger charge is -2.20. The molecule has 0 aromatic heterocycles. The summed E-state index contributed by atoms with van der Waals surface area (Å²) in [6, 6.07) is 0. The maximum atomic E-state index is 11.9. The minimum absolute atomic E-state index is 0.272. The molecule has 1 aliphatic carbocycles. The molecule has 1 aliphatic heterocycles. The van der Waals surface area contributed by atoms with Crippen LogP contribution in [0.25, 0.3) is 0 Å². The average molecular weight is 266 g/mol. The zero-order valence-corrected chi connectivity index (χ0v) is 12.3. The molecule has 0 bridgehead atoms. The summed E-state index contributed by atoms with van der Waals surface area (Å²) in [7, 11) is 0. The van der Waals surface area contributed by atoms with Gasteiger partial charge in [-0.25, -0.2) is 0 Å². The van der Waals surface area contributed by atoms with Gasteiger partial charge in [0, 0.05) is 13.0 Å². The molecule has 0 aromatic rings. The van der Waals surface area contributed by atoms with Crippen LogP contribution in [0, 0.1) is 11.8 Å². The molecule has 110 valence electrons. The van der Waals surface area contributed by atoms with E-state index in [0.717, 1.165) is 44.3 Å². The van der Waals surface area contributed by atoms with Crippen molar-refractivity contribution >= 4 is 5.91 Å². The van der Waals surface area contributed by atoms with Crippen molar-refractivity contribution < 1.29 is 4.79 Å². The van der Waals surface area contributed by atoms with Gasteiger partial charge < -0.3 is 10.6 Å². The zero-order valence-electron chi connectivity index (χ0n) is 12.3. The summed E-state index contributed by atoms with van der Waals surface area (Å²) in [5.41, 5.74) is 0. The summed E-state index contributed by atoms with van der Waals surface area (Å²) in [4.78, 5) is 11.9. The van der Waals surface area contributed by atoms with Gasteiger partial charge >= 0.3 is 0 Å². The van der Waals surface area contributed by atoms with Gasteiger partial charge in [-0.05, 0) is 50.6 Å². The largest absolute Gasteiger partial charge is 0.356 e. The normalized spacial score (nSPS) is 25.8. The highest BCUT2D eigenvalue weighted by Crippen LogP contribution is 2.21. The fraction of sp³-hybridized carbons (Fsp3) is 0.938. The molecular weight excluding hydrogens is 236 g/mol. The molecule has 1 amide bonds. The molecule has 2 N–H and O–H groups in total. The van der Waals surface area contributed by atoms with Crippen LogP contribution in [0.3, 0.4) is 0 Å². The van der Waals surface area contributed by atoms with Gasteiger partial charge in [0.2, 0.25) is 5.91 Å². The summed E-state index contributed by atoms with van der Waals surface area (Å²) < 4.78 is 0. The smallest absolute Gasteiger partial charge is 0.220 e. The Labute approximate surface area is 117 Å². The van der Waals surface area contributed by atoms with Crippen LogP contribution in [0.1, 0.15) is 64.2 Å². The molecule has 1 saturated carbocycles. The summed E-state index contributed by atoms with van der Waals surface area (Å²) in [6.07, 6.45) is 12.5.